The highest BCUT2D eigenvalue weighted by atomic mass is 16.2. The van der Waals surface area contributed by atoms with Crippen LogP contribution in [0.5, 0.6) is 0 Å². The zero-order valence-corrected chi connectivity index (χ0v) is 16.7. The van der Waals surface area contributed by atoms with Gasteiger partial charge >= 0.3 is 0 Å². The second kappa shape index (κ2) is 7.58. The molecule has 7 heteroatoms. The van der Waals surface area contributed by atoms with Gasteiger partial charge in [-0.1, -0.05) is 6.07 Å². The maximum absolute atomic E-state index is 12.8. The van der Waals surface area contributed by atoms with Crippen LogP contribution in [0.15, 0.2) is 30.5 Å². The fourth-order valence-corrected chi connectivity index (χ4v) is 3.92. The molecule has 1 amide bonds. The van der Waals surface area contributed by atoms with Crippen LogP contribution in [0.3, 0.4) is 0 Å². The van der Waals surface area contributed by atoms with E-state index in [1.165, 1.54) is 0 Å². The van der Waals surface area contributed by atoms with Crippen LogP contribution < -0.4 is 4.90 Å². The van der Waals surface area contributed by atoms with E-state index in [1.54, 1.807) is 0 Å². The molecule has 3 aromatic heterocycles. The fourth-order valence-electron chi connectivity index (χ4n) is 3.92. The molecule has 0 aliphatic carbocycles. The first-order chi connectivity index (χ1) is 13.5. The van der Waals surface area contributed by atoms with Crippen LogP contribution >= 0.6 is 0 Å². The van der Waals surface area contributed by atoms with Crippen molar-refractivity contribution in [2.24, 2.45) is 0 Å². The summed E-state index contributed by atoms with van der Waals surface area (Å²) in [5, 5.41) is 4.52. The number of aromatic nitrogens is 4. The van der Waals surface area contributed by atoms with E-state index < -0.39 is 0 Å². The fraction of sp³-hybridized carbons (Fsp3) is 0.429. The van der Waals surface area contributed by atoms with Crippen LogP contribution in [0.25, 0.3) is 5.65 Å². The van der Waals surface area contributed by atoms with Crippen molar-refractivity contribution >= 4 is 17.4 Å². The van der Waals surface area contributed by atoms with Crippen LogP contribution in [0, 0.1) is 20.8 Å². The minimum atomic E-state index is 0.205. The van der Waals surface area contributed by atoms with Crippen LogP contribution in [0.4, 0.5) is 5.82 Å². The Morgan fingerprint density at radius 1 is 1.11 bits per heavy atom. The maximum atomic E-state index is 12.8. The van der Waals surface area contributed by atoms with Gasteiger partial charge in [-0.3, -0.25) is 4.79 Å². The number of hydrogen-bond acceptors (Lipinski definition) is 5. The van der Waals surface area contributed by atoms with Crippen LogP contribution in [0.1, 0.15) is 29.1 Å². The maximum Gasteiger partial charge on any atom is 0.223 e. The molecule has 0 unspecified atom stereocenters. The first kappa shape index (κ1) is 18.4. The van der Waals surface area contributed by atoms with Crippen LogP contribution in [-0.2, 0) is 11.2 Å². The van der Waals surface area contributed by atoms with Gasteiger partial charge < -0.3 is 9.80 Å². The van der Waals surface area contributed by atoms with Gasteiger partial charge in [0.05, 0.1) is 5.69 Å². The first-order valence-electron chi connectivity index (χ1n) is 9.79. The van der Waals surface area contributed by atoms with Gasteiger partial charge in [0, 0.05) is 56.3 Å². The van der Waals surface area contributed by atoms with Gasteiger partial charge in [-0.25, -0.2) is 14.5 Å². The second-order valence-electron chi connectivity index (χ2n) is 7.37. The van der Waals surface area contributed by atoms with Gasteiger partial charge in [-0.15, -0.1) is 0 Å². The topological polar surface area (TPSA) is 66.6 Å². The predicted molar refractivity (Wildman–Crippen MR) is 109 cm³/mol. The molecule has 3 aromatic rings. The number of pyridine rings is 1. The molecule has 4 heterocycles. The van der Waals surface area contributed by atoms with E-state index in [0.29, 0.717) is 12.8 Å². The highest BCUT2D eigenvalue weighted by Gasteiger charge is 2.22. The number of carbonyl (C=O) groups is 1. The highest BCUT2D eigenvalue weighted by molar-refractivity contribution is 5.77. The Hall–Kier alpha value is -2.96. The molecule has 0 radical (unpaired) electrons. The van der Waals surface area contributed by atoms with Gasteiger partial charge in [0.15, 0.2) is 5.65 Å². The number of rotatable bonds is 4. The van der Waals surface area contributed by atoms with E-state index in [9.17, 15) is 4.79 Å². The molecular weight excluding hydrogens is 352 g/mol. The lowest BCUT2D eigenvalue weighted by atomic mass is 10.1. The lowest BCUT2D eigenvalue weighted by Gasteiger charge is -2.35. The molecular formula is C21H26N6O. The van der Waals surface area contributed by atoms with E-state index in [2.05, 4.69) is 26.9 Å². The number of amides is 1. The minimum Gasteiger partial charge on any atom is -0.353 e. The van der Waals surface area contributed by atoms with E-state index in [4.69, 9.17) is 0 Å². The molecule has 146 valence electrons. The third-order valence-electron chi connectivity index (χ3n) is 5.48. The average Bonchev–Trinajstić information content (AvgIpc) is 3.09. The molecule has 0 bridgehead atoms. The normalized spacial score (nSPS) is 14.7. The number of piperazine rings is 1. The predicted octanol–water partition coefficient (Wildman–Crippen LogP) is 2.33. The smallest absolute Gasteiger partial charge is 0.223 e. The van der Waals surface area contributed by atoms with Crippen LogP contribution in [-0.4, -0.2) is 56.6 Å². The largest absolute Gasteiger partial charge is 0.353 e. The van der Waals surface area contributed by atoms with E-state index >= 15 is 0 Å². The van der Waals surface area contributed by atoms with Crippen molar-refractivity contribution < 1.29 is 4.79 Å². The third kappa shape index (κ3) is 3.56. The van der Waals surface area contributed by atoms with Crippen molar-refractivity contribution in [3.63, 3.8) is 0 Å². The van der Waals surface area contributed by atoms with E-state index in [-0.39, 0.29) is 5.91 Å². The Balaban J connectivity index is 1.38. The molecule has 0 aromatic carbocycles. The van der Waals surface area contributed by atoms with Crippen LogP contribution in [0.2, 0.25) is 0 Å². The molecule has 0 atom stereocenters. The molecule has 0 N–H and O–H groups in total. The van der Waals surface area contributed by atoms with Gasteiger partial charge in [-0.05, 0) is 44.9 Å². The molecule has 7 nitrogen and oxygen atoms in total. The van der Waals surface area contributed by atoms with Gasteiger partial charge in [0.2, 0.25) is 5.91 Å². The molecule has 1 saturated heterocycles. The van der Waals surface area contributed by atoms with Gasteiger partial charge in [-0.2, -0.15) is 5.10 Å². The number of aryl methyl sites for hydroxylation is 3. The van der Waals surface area contributed by atoms with Crippen molar-refractivity contribution in [2.75, 3.05) is 31.1 Å². The molecule has 1 aliphatic rings. The van der Waals surface area contributed by atoms with Crippen molar-refractivity contribution in [3.05, 3.63) is 53.1 Å². The van der Waals surface area contributed by atoms with Crippen molar-refractivity contribution in [1.29, 1.82) is 0 Å². The summed E-state index contributed by atoms with van der Waals surface area (Å²) in [5.41, 5.74) is 5.00. The quantitative estimate of drug-likeness (QED) is 0.697. The SMILES string of the molecule is Cc1cc2nc(C)c(CCC(=O)N3CCN(c4ccccn4)CC3)c(C)n2n1. The molecule has 4 rings (SSSR count). The zero-order chi connectivity index (χ0) is 19.7. The summed E-state index contributed by atoms with van der Waals surface area (Å²) in [7, 11) is 0. The summed E-state index contributed by atoms with van der Waals surface area (Å²) in [4.78, 5) is 26.0. The average molecular weight is 378 g/mol. The Kier molecular flexibility index (Phi) is 4.98. The Bertz CT molecular complexity index is 989. The molecule has 1 aliphatic heterocycles. The summed E-state index contributed by atoms with van der Waals surface area (Å²) < 4.78 is 1.88. The highest BCUT2D eigenvalue weighted by Crippen LogP contribution is 2.18. The number of carbonyl (C=O) groups excluding carboxylic acids is 1. The summed E-state index contributed by atoms with van der Waals surface area (Å²) in [6.07, 6.45) is 3.00. The summed E-state index contributed by atoms with van der Waals surface area (Å²) in [6.45, 7) is 9.16. The van der Waals surface area contributed by atoms with E-state index in [1.807, 2.05) is 53.7 Å². The lowest BCUT2D eigenvalue weighted by molar-refractivity contribution is -0.131. The molecule has 0 saturated carbocycles. The standard InChI is InChI=1S/C21H26N6O/c1-15-14-20-23-16(2)18(17(3)27(20)24-15)7-8-21(28)26-12-10-25(11-13-26)19-6-4-5-9-22-19/h4-6,9,14H,7-8,10-13H2,1-3H3. The summed E-state index contributed by atoms with van der Waals surface area (Å²) in [5.74, 6) is 1.19. The monoisotopic (exact) mass is 378 g/mol. The van der Waals surface area contributed by atoms with Crippen molar-refractivity contribution in [2.45, 2.75) is 33.6 Å². The summed E-state index contributed by atoms with van der Waals surface area (Å²) >= 11 is 0. The lowest BCUT2D eigenvalue weighted by Crippen LogP contribution is -2.49. The third-order valence-corrected chi connectivity index (χ3v) is 5.48. The zero-order valence-electron chi connectivity index (χ0n) is 16.7. The minimum absolute atomic E-state index is 0.205. The second-order valence-corrected chi connectivity index (χ2v) is 7.37. The number of hydrogen-bond donors (Lipinski definition) is 0. The van der Waals surface area contributed by atoms with Gasteiger partial charge in [0.1, 0.15) is 5.82 Å². The number of anilines is 1. The molecule has 28 heavy (non-hydrogen) atoms. The van der Waals surface area contributed by atoms with E-state index in [0.717, 1.165) is 60.3 Å². The van der Waals surface area contributed by atoms with Gasteiger partial charge in [0.25, 0.3) is 0 Å². The molecule has 0 spiro atoms. The van der Waals surface area contributed by atoms with Crippen molar-refractivity contribution in [3.8, 4) is 0 Å². The summed E-state index contributed by atoms with van der Waals surface area (Å²) in [6, 6.07) is 7.92. The first-order valence-corrected chi connectivity index (χ1v) is 9.79. The Morgan fingerprint density at radius 3 is 2.61 bits per heavy atom. The van der Waals surface area contributed by atoms with Crippen molar-refractivity contribution in [1.82, 2.24) is 24.5 Å². The number of nitrogens with zero attached hydrogens (tertiary/aromatic N) is 6. The number of fused-ring (bicyclic) bond motifs is 1. The Morgan fingerprint density at radius 2 is 1.89 bits per heavy atom. The Labute approximate surface area is 165 Å². The molecule has 1 fully saturated rings.